The Balaban J connectivity index is 1.42. The van der Waals surface area contributed by atoms with Crippen molar-refractivity contribution in [3.05, 3.63) is 70.8 Å². The highest BCUT2D eigenvalue weighted by atomic mass is 35.5. The van der Waals surface area contributed by atoms with E-state index in [1.54, 1.807) is 47.4 Å². The number of aryl methyl sites for hydroxylation is 1. The smallest absolute Gasteiger partial charge is 0.246 e. The maximum Gasteiger partial charge on any atom is 0.246 e. The lowest BCUT2D eigenvalue weighted by molar-refractivity contribution is -0.150. The van der Waals surface area contributed by atoms with Crippen molar-refractivity contribution in [2.75, 3.05) is 26.2 Å². The number of fused-ring (bicyclic) bond motifs is 2. The Bertz CT molecular complexity index is 1050. The Kier molecular flexibility index (Phi) is 5.97. The van der Waals surface area contributed by atoms with Crippen molar-refractivity contribution in [2.45, 2.75) is 24.0 Å². The Morgan fingerprint density at radius 2 is 1.73 bits per heavy atom. The predicted molar refractivity (Wildman–Crippen MR) is 116 cm³/mol. The zero-order valence-electron chi connectivity index (χ0n) is 16.6. The Morgan fingerprint density at radius 1 is 1.07 bits per heavy atom. The summed E-state index contributed by atoms with van der Waals surface area (Å²) >= 11 is 5.98. The Morgan fingerprint density at radius 3 is 2.37 bits per heavy atom. The van der Waals surface area contributed by atoms with E-state index in [0.717, 1.165) is 11.1 Å². The van der Waals surface area contributed by atoms with E-state index in [9.17, 15) is 13.2 Å². The summed E-state index contributed by atoms with van der Waals surface area (Å²) in [6.07, 6.45) is 2.56. The van der Waals surface area contributed by atoms with E-state index in [1.807, 2.05) is 19.1 Å². The van der Waals surface area contributed by atoms with Gasteiger partial charge in [-0.25, -0.2) is 8.42 Å². The van der Waals surface area contributed by atoms with Gasteiger partial charge >= 0.3 is 0 Å². The number of amides is 1. The van der Waals surface area contributed by atoms with Crippen molar-refractivity contribution >= 4 is 33.6 Å². The van der Waals surface area contributed by atoms with Gasteiger partial charge in [0.2, 0.25) is 15.9 Å². The number of sulfonamides is 1. The molecule has 2 aromatic carbocycles. The molecule has 158 valence electrons. The van der Waals surface area contributed by atoms with E-state index in [4.69, 9.17) is 16.3 Å². The molecular weight excluding hydrogens is 424 g/mol. The van der Waals surface area contributed by atoms with Crippen LogP contribution in [0, 0.1) is 6.92 Å². The number of carbonyl (C=O) groups excluding carboxylic acids is 1. The number of ether oxygens (including phenoxy) is 1. The number of carbonyl (C=O) groups is 1. The van der Waals surface area contributed by atoms with Gasteiger partial charge in [-0.2, -0.15) is 4.31 Å². The molecule has 0 unspecified atom stereocenters. The fraction of sp³-hybridized carbons (Fsp3) is 0.318. The quantitative estimate of drug-likeness (QED) is 0.677. The molecule has 30 heavy (non-hydrogen) atoms. The van der Waals surface area contributed by atoms with E-state index in [0.29, 0.717) is 18.1 Å². The normalized spacial score (nSPS) is 22.4. The molecule has 2 atom stereocenters. The summed E-state index contributed by atoms with van der Waals surface area (Å²) in [5, 5.41) is 0.611. The van der Waals surface area contributed by atoms with Crippen LogP contribution in [0.5, 0.6) is 0 Å². The van der Waals surface area contributed by atoms with Crippen LogP contribution in [-0.4, -0.2) is 61.9 Å². The molecule has 2 heterocycles. The van der Waals surface area contributed by atoms with E-state index >= 15 is 0 Å². The zero-order valence-corrected chi connectivity index (χ0v) is 18.1. The topological polar surface area (TPSA) is 66.9 Å². The first-order valence-corrected chi connectivity index (χ1v) is 11.6. The standard InChI is InChI=1S/C22H23ClN2O4S/c1-16-5-8-21(9-6-16)30(27,28)25-14-19-12-24(13-20(15-25)29-19)22(26)10-7-17-3-2-4-18(23)11-17/h2-11,19-20H,12-15H2,1H3/b10-7+/t19-,20+. The number of hydrogen-bond acceptors (Lipinski definition) is 4. The molecule has 0 N–H and O–H groups in total. The van der Waals surface area contributed by atoms with E-state index in [1.165, 1.54) is 10.4 Å². The van der Waals surface area contributed by atoms with Gasteiger partial charge in [-0.15, -0.1) is 0 Å². The van der Waals surface area contributed by atoms with Crippen molar-refractivity contribution in [3.63, 3.8) is 0 Å². The lowest BCUT2D eigenvalue weighted by atomic mass is 10.1. The summed E-state index contributed by atoms with van der Waals surface area (Å²) in [5.74, 6) is -0.122. The number of benzene rings is 2. The summed E-state index contributed by atoms with van der Waals surface area (Å²) in [6.45, 7) is 3.09. The molecule has 2 fully saturated rings. The molecule has 2 aliphatic rings. The Labute approximate surface area is 181 Å². The molecule has 6 nitrogen and oxygen atoms in total. The Hall–Kier alpha value is -2.19. The average molecular weight is 447 g/mol. The molecule has 0 saturated carbocycles. The predicted octanol–water partition coefficient (Wildman–Crippen LogP) is 2.96. The van der Waals surface area contributed by atoms with E-state index in [-0.39, 0.29) is 36.1 Å². The minimum atomic E-state index is -3.59. The van der Waals surface area contributed by atoms with Gasteiger partial charge in [-0.3, -0.25) is 4.79 Å². The molecule has 2 aliphatic heterocycles. The molecule has 2 aromatic rings. The SMILES string of the molecule is Cc1ccc(S(=O)(=O)N2C[C@H]3CN(C(=O)/C=C/c4cccc(Cl)c4)C[C@@H](C2)O3)cc1. The molecule has 8 heteroatoms. The number of rotatable bonds is 4. The van der Waals surface area contributed by atoms with Gasteiger partial charge in [-0.1, -0.05) is 41.4 Å². The molecule has 0 spiro atoms. The first kappa shape index (κ1) is 21.1. The average Bonchev–Trinajstić information content (AvgIpc) is 2.71. The van der Waals surface area contributed by atoms with Crippen LogP contribution in [0.1, 0.15) is 11.1 Å². The van der Waals surface area contributed by atoms with Gasteiger partial charge in [0.05, 0.1) is 17.1 Å². The molecule has 2 bridgehead atoms. The van der Waals surface area contributed by atoms with Crippen molar-refractivity contribution in [2.24, 2.45) is 0 Å². The van der Waals surface area contributed by atoms with Crippen molar-refractivity contribution in [3.8, 4) is 0 Å². The third-order valence-corrected chi connectivity index (χ3v) is 7.37. The maximum atomic E-state index is 13.0. The second kappa shape index (κ2) is 8.51. The number of halogens is 1. The number of nitrogens with zero attached hydrogens (tertiary/aromatic N) is 2. The summed E-state index contributed by atoms with van der Waals surface area (Å²) in [5.41, 5.74) is 1.85. The zero-order chi connectivity index (χ0) is 21.3. The molecule has 0 aromatic heterocycles. The number of hydrogen-bond donors (Lipinski definition) is 0. The van der Waals surface area contributed by atoms with Crippen LogP contribution >= 0.6 is 11.6 Å². The van der Waals surface area contributed by atoms with Gasteiger partial charge in [0.15, 0.2) is 0 Å². The fourth-order valence-corrected chi connectivity index (χ4v) is 5.48. The van der Waals surface area contributed by atoms with E-state index in [2.05, 4.69) is 0 Å². The second-order valence-corrected chi connectivity index (χ2v) is 10.0. The third-order valence-electron chi connectivity index (χ3n) is 5.28. The lowest BCUT2D eigenvalue weighted by Gasteiger charge is -2.44. The van der Waals surface area contributed by atoms with Crippen LogP contribution in [-0.2, 0) is 19.6 Å². The van der Waals surface area contributed by atoms with Crippen LogP contribution in [0.2, 0.25) is 5.02 Å². The summed E-state index contributed by atoms with van der Waals surface area (Å²) < 4.78 is 33.4. The minimum Gasteiger partial charge on any atom is -0.369 e. The number of morpholine rings is 2. The summed E-state index contributed by atoms with van der Waals surface area (Å²) in [4.78, 5) is 14.6. The van der Waals surface area contributed by atoms with Crippen molar-refractivity contribution < 1.29 is 17.9 Å². The molecule has 4 rings (SSSR count). The van der Waals surface area contributed by atoms with Crippen molar-refractivity contribution in [1.82, 2.24) is 9.21 Å². The molecule has 0 radical (unpaired) electrons. The van der Waals surface area contributed by atoms with Crippen LogP contribution in [0.15, 0.2) is 59.5 Å². The summed E-state index contributed by atoms with van der Waals surface area (Å²) in [6, 6.07) is 14.1. The fourth-order valence-electron chi connectivity index (χ4n) is 3.77. The van der Waals surface area contributed by atoms with Gasteiger partial charge < -0.3 is 9.64 Å². The van der Waals surface area contributed by atoms with Crippen LogP contribution in [0.3, 0.4) is 0 Å². The lowest BCUT2D eigenvalue weighted by Crippen LogP contribution is -2.61. The van der Waals surface area contributed by atoms with Crippen LogP contribution < -0.4 is 0 Å². The highest BCUT2D eigenvalue weighted by molar-refractivity contribution is 7.89. The highest BCUT2D eigenvalue weighted by Gasteiger charge is 2.40. The monoisotopic (exact) mass is 446 g/mol. The maximum absolute atomic E-state index is 13.0. The molecular formula is C22H23ClN2O4S. The minimum absolute atomic E-state index is 0.122. The molecule has 1 amide bonds. The van der Waals surface area contributed by atoms with E-state index < -0.39 is 10.0 Å². The summed E-state index contributed by atoms with van der Waals surface area (Å²) in [7, 11) is -3.59. The van der Waals surface area contributed by atoms with Gasteiger partial charge in [0.1, 0.15) is 0 Å². The highest BCUT2D eigenvalue weighted by Crippen LogP contribution is 2.25. The largest absolute Gasteiger partial charge is 0.369 e. The second-order valence-electron chi connectivity index (χ2n) is 7.65. The first-order valence-electron chi connectivity index (χ1n) is 9.76. The van der Waals surface area contributed by atoms with Crippen molar-refractivity contribution in [1.29, 1.82) is 0 Å². The van der Waals surface area contributed by atoms with Crippen LogP contribution in [0.4, 0.5) is 0 Å². The third kappa shape index (κ3) is 4.59. The van der Waals surface area contributed by atoms with Gasteiger partial charge in [-0.05, 0) is 42.8 Å². The van der Waals surface area contributed by atoms with Gasteiger partial charge in [0.25, 0.3) is 0 Å². The first-order chi connectivity index (χ1) is 14.3. The molecule has 2 saturated heterocycles. The van der Waals surface area contributed by atoms with Gasteiger partial charge in [0, 0.05) is 37.3 Å². The van der Waals surface area contributed by atoms with Crippen LogP contribution in [0.25, 0.3) is 6.08 Å². The molecule has 0 aliphatic carbocycles.